The highest BCUT2D eigenvalue weighted by atomic mass is 32.2. The van der Waals surface area contributed by atoms with Crippen LogP contribution in [-0.2, 0) is 30.8 Å². The molecule has 2 saturated heterocycles. The van der Waals surface area contributed by atoms with E-state index in [1.54, 1.807) is 45.2 Å². The minimum absolute atomic E-state index is 0.0551. The number of fused-ring (bicyclic) bond motifs is 2. The second kappa shape index (κ2) is 19.7. The third-order valence-electron chi connectivity index (χ3n) is 14.4. The summed E-state index contributed by atoms with van der Waals surface area (Å²) in [5, 5.41) is 12.3. The lowest BCUT2D eigenvalue weighted by molar-refractivity contribution is -0.136. The van der Waals surface area contributed by atoms with Crippen LogP contribution in [0, 0.1) is 12.7 Å². The largest absolute Gasteiger partial charge is 0.379 e. The van der Waals surface area contributed by atoms with Gasteiger partial charge in [-0.15, -0.1) is 0 Å². The minimum atomic E-state index is -3.57. The first-order valence-corrected chi connectivity index (χ1v) is 25.8. The van der Waals surface area contributed by atoms with Gasteiger partial charge in [0.15, 0.2) is 0 Å². The van der Waals surface area contributed by atoms with E-state index in [1.165, 1.54) is 10.4 Å². The van der Waals surface area contributed by atoms with Crippen LogP contribution >= 0.6 is 0 Å². The number of hydrogen-bond acceptors (Lipinski definition) is 13. The molecule has 4 aromatic rings. The molecule has 2 fully saturated rings. The molecule has 1 aromatic heterocycles. The summed E-state index contributed by atoms with van der Waals surface area (Å²) in [6, 6.07) is 15.0. The van der Waals surface area contributed by atoms with E-state index in [0.717, 1.165) is 54.9 Å². The molecule has 0 saturated carbocycles. The van der Waals surface area contributed by atoms with Gasteiger partial charge in [-0.05, 0) is 160 Å². The van der Waals surface area contributed by atoms with Crippen LogP contribution in [0.2, 0.25) is 0 Å². The van der Waals surface area contributed by atoms with Crippen LogP contribution in [0.4, 0.5) is 38.9 Å². The molecular formula is C52H66FN9O7S. The first-order valence-electron chi connectivity index (χ1n) is 24.4. The highest BCUT2D eigenvalue weighted by molar-refractivity contribution is 7.94. The molecule has 0 radical (unpaired) electrons. The zero-order valence-corrected chi connectivity index (χ0v) is 42.3. The van der Waals surface area contributed by atoms with Gasteiger partial charge in [-0.2, -0.15) is 4.98 Å². The standard InChI is InChI=1S/C52H66FN9O7S/c1-9-52(8,59-40-12-10-11-38-44(40)48(66)62(47(38)65)41-17-18-43(63)57-46(41)64)23-28-69-51(6,7)22-27-60-24-19-33(20-25-60)37-16-15-35(29-39(37)53)56-49-54-31-32(2)45(58-49)55-36-14-13-34-21-26-61(42(34)30-36)70(67,68)50(3,4)5/h10-16,29-31,33,41,59H,9,17-28H2,1-8H3,(H,57,63,64)(H2,54,55,56,58). The molecule has 18 heteroatoms. The van der Waals surface area contributed by atoms with Gasteiger partial charge < -0.3 is 25.6 Å². The first kappa shape index (κ1) is 50.4. The van der Waals surface area contributed by atoms with Crippen molar-refractivity contribution >= 4 is 68.2 Å². The van der Waals surface area contributed by atoms with E-state index >= 15 is 4.39 Å². The fraction of sp³-hybridized carbons (Fsp3) is 0.500. The minimum Gasteiger partial charge on any atom is -0.379 e. The van der Waals surface area contributed by atoms with E-state index in [4.69, 9.17) is 4.74 Å². The second-order valence-corrected chi connectivity index (χ2v) is 23.5. The number of sulfonamides is 1. The number of nitrogens with zero attached hydrogens (tertiary/aromatic N) is 5. The molecule has 4 aliphatic heterocycles. The van der Waals surface area contributed by atoms with Crippen LogP contribution in [0.25, 0.3) is 0 Å². The number of anilines is 6. The number of hydrogen-bond donors (Lipinski definition) is 4. The summed E-state index contributed by atoms with van der Waals surface area (Å²) in [5.74, 6) is -1.51. The maximum absolute atomic E-state index is 15.8. The number of halogens is 1. The van der Waals surface area contributed by atoms with Crippen molar-refractivity contribution in [3.8, 4) is 0 Å². The number of benzene rings is 3. The van der Waals surface area contributed by atoms with Crippen LogP contribution in [0.1, 0.15) is 137 Å². The molecule has 5 heterocycles. The Morgan fingerprint density at radius 1 is 0.871 bits per heavy atom. The summed E-state index contributed by atoms with van der Waals surface area (Å²) in [4.78, 5) is 64.0. The smallest absolute Gasteiger partial charge is 0.264 e. The normalized spacial score (nSPS) is 19.0. The summed E-state index contributed by atoms with van der Waals surface area (Å²) in [6.45, 7) is 18.7. The number of nitrogens with one attached hydrogen (secondary N) is 4. The van der Waals surface area contributed by atoms with Gasteiger partial charge in [0.05, 0.1) is 27.2 Å². The number of aromatic nitrogens is 2. The fourth-order valence-electron chi connectivity index (χ4n) is 9.63. The Labute approximate surface area is 410 Å². The Bertz CT molecular complexity index is 2810. The van der Waals surface area contributed by atoms with Crippen LogP contribution < -0.4 is 25.6 Å². The Kier molecular flexibility index (Phi) is 14.2. The average molecular weight is 980 g/mol. The molecule has 4 N–H and O–H groups in total. The molecule has 0 spiro atoms. The van der Waals surface area contributed by atoms with Gasteiger partial charge in [0.2, 0.25) is 27.8 Å². The molecular weight excluding hydrogens is 914 g/mol. The van der Waals surface area contributed by atoms with Crippen molar-refractivity contribution in [2.75, 3.05) is 53.0 Å². The van der Waals surface area contributed by atoms with E-state index in [9.17, 15) is 27.6 Å². The summed E-state index contributed by atoms with van der Waals surface area (Å²) in [6.07, 6.45) is 6.27. The summed E-state index contributed by atoms with van der Waals surface area (Å²) in [7, 11) is -3.57. The molecule has 70 heavy (non-hydrogen) atoms. The van der Waals surface area contributed by atoms with E-state index in [-0.39, 0.29) is 35.7 Å². The number of rotatable bonds is 17. The van der Waals surface area contributed by atoms with Gasteiger partial charge in [-0.1, -0.05) is 25.1 Å². The molecule has 8 rings (SSSR count). The lowest BCUT2D eigenvalue weighted by Gasteiger charge is -2.36. The van der Waals surface area contributed by atoms with Crippen molar-refractivity contribution in [1.82, 2.24) is 25.1 Å². The Hall–Kier alpha value is -5.98. The van der Waals surface area contributed by atoms with Crippen molar-refractivity contribution in [2.24, 2.45) is 0 Å². The van der Waals surface area contributed by atoms with Crippen LogP contribution in [0.3, 0.4) is 0 Å². The number of ether oxygens (including phenoxy) is 1. The quantitative estimate of drug-likeness (QED) is 0.0738. The maximum Gasteiger partial charge on any atom is 0.264 e. The van der Waals surface area contributed by atoms with Gasteiger partial charge >= 0.3 is 0 Å². The number of amides is 4. The maximum atomic E-state index is 15.8. The first-order chi connectivity index (χ1) is 33.1. The van der Waals surface area contributed by atoms with Crippen LogP contribution in [0.5, 0.6) is 0 Å². The van der Waals surface area contributed by atoms with E-state index in [1.807, 2.05) is 37.3 Å². The molecule has 4 aliphatic rings. The topological polar surface area (TPSA) is 195 Å². The number of carbonyl (C=O) groups excluding carboxylic acids is 4. The molecule has 3 aromatic carbocycles. The number of aryl methyl sites for hydroxylation is 1. The van der Waals surface area contributed by atoms with Gasteiger partial charge in [0.25, 0.3) is 11.8 Å². The van der Waals surface area contributed by atoms with Crippen molar-refractivity contribution < 1.29 is 36.7 Å². The zero-order valence-electron chi connectivity index (χ0n) is 41.5. The monoisotopic (exact) mass is 979 g/mol. The van der Waals surface area contributed by atoms with Gasteiger partial charge in [-0.3, -0.25) is 33.7 Å². The Morgan fingerprint density at radius 3 is 2.30 bits per heavy atom. The van der Waals surface area contributed by atoms with Gasteiger partial charge in [-0.25, -0.2) is 17.8 Å². The number of likely N-dealkylation sites (tertiary alicyclic amines) is 1. The van der Waals surface area contributed by atoms with E-state index < -0.39 is 55.6 Å². The van der Waals surface area contributed by atoms with Crippen molar-refractivity contribution in [3.05, 3.63) is 94.4 Å². The lowest BCUT2D eigenvalue weighted by atomic mass is 9.88. The third kappa shape index (κ3) is 10.5. The lowest BCUT2D eigenvalue weighted by Crippen LogP contribution is -2.54. The predicted molar refractivity (Wildman–Crippen MR) is 269 cm³/mol. The van der Waals surface area contributed by atoms with Crippen molar-refractivity contribution in [1.29, 1.82) is 0 Å². The predicted octanol–water partition coefficient (Wildman–Crippen LogP) is 8.34. The van der Waals surface area contributed by atoms with E-state index in [0.29, 0.717) is 72.5 Å². The Balaban J connectivity index is 0.803. The molecule has 2 unspecified atom stereocenters. The molecule has 4 amide bonds. The number of carbonyl (C=O) groups is 4. The second-order valence-electron chi connectivity index (χ2n) is 20.9. The van der Waals surface area contributed by atoms with E-state index in [2.05, 4.69) is 63.8 Å². The highest BCUT2D eigenvalue weighted by Gasteiger charge is 2.46. The highest BCUT2D eigenvalue weighted by Crippen LogP contribution is 2.39. The van der Waals surface area contributed by atoms with Crippen molar-refractivity contribution in [2.45, 2.75) is 135 Å². The summed E-state index contributed by atoms with van der Waals surface area (Å²) in [5.41, 5.74) is 4.42. The van der Waals surface area contributed by atoms with Gasteiger partial charge in [0, 0.05) is 60.5 Å². The molecule has 16 nitrogen and oxygen atoms in total. The molecule has 0 aliphatic carbocycles. The van der Waals surface area contributed by atoms with Crippen LogP contribution in [-0.4, -0.2) is 107 Å². The van der Waals surface area contributed by atoms with Gasteiger partial charge in [0.1, 0.15) is 17.7 Å². The number of piperidine rings is 2. The SMILES string of the molecule is CCC(C)(CCOC(C)(C)CCN1CCC(c2ccc(Nc3ncc(C)c(Nc4ccc5c(c4)N(S(=O)(=O)C(C)(C)C)CC5)n3)cc2F)CC1)Nc1cccc2c1C(=O)N(C1CCC(=O)NC1=O)C2=O. The fourth-order valence-corrected chi connectivity index (χ4v) is 11.1. The average Bonchev–Trinajstić information content (AvgIpc) is 3.85. The molecule has 374 valence electrons. The summed E-state index contributed by atoms with van der Waals surface area (Å²) < 4.78 is 49.5. The van der Waals surface area contributed by atoms with Crippen LogP contribution in [0.15, 0.2) is 60.8 Å². The molecule has 0 bridgehead atoms. The number of imide groups is 2. The van der Waals surface area contributed by atoms with Crippen molar-refractivity contribution in [3.63, 3.8) is 0 Å². The molecule has 2 atom stereocenters. The summed E-state index contributed by atoms with van der Waals surface area (Å²) >= 11 is 0. The zero-order chi connectivity index (χ0) is 50.3. The third-order valence-corrected chi connectivity index (χ3v) is 16.9. The Morgan fingerprint density at radius 2 is 1.60 bits per heavy atom.